The van der Waals surface area contributed by atoms with Gasteiger partial charge in [-0.2, -0.15) is 0 Å². The fourth-order valence-corrected chi connectivity index (χ4v) is 1.88. The molecular formula is C12H9O3S-. The molecule has 0 heterocycles. The van der Waals surface area contributed by atoms with E-state index in [2.05, 4.69) is 0 Å². The number of phenolic OH excluding ortho intramolecular Hbond substituents is 1. The highest BCUT2D eigenvalue weighted by atomic mass is 32.2. The molecule has 2 aromatic rings. The molecule has 0 aromatic heterocycles. The van der Waals surface area contributed by atoms with Gasteiger partial charge in [0.2, 0.25) is 0 Å². The molecule has 0 spiro atoms. The minimum absolute atomic E-state index is 0.158. The second-order valence-corrected chi connectivity index (χ2v) is 4.25. The Bertz CT molecular complexity index is 537. The summed E-state index contributed by atoms with van der Waals surface area (Å²) in [4.78, 5) is 0.237. The molecule has 0 aliphatic carbocycles. The molecule has 82 valence electrons. The van der Waals surface area contributed by atoms with E-state index < -0.39 is 11.1 Å². The van der Waals surface area contributed by atoms with Gasteiger partial charge >= 0.3 is 0 Å². The van der Waals surface area contributed by atoms with Crippen LogP contribution in [-0.2, 0) is 11.1 Å². The third-order valence-electron chi connectivity index (χ3n) is 2.21. The van der Waals surface area contributed by atoms with E-state index in [9.17, 15) is 13.9 Å². The molecular weight excluding hydrogens is 224 g/mol. The van der Waals surface area contributed by atoms with Crippen LogP contribution >= 0.6 is 0 Å². The lowest BCUT2D eigenvalue weighted by molar-refractivity contribution is 0.475. The molecule has 0 aliphatic rings. The van der Waals surface area contributed by atoms with Crippen LogP contribution in [0.25, 0.3) is 11.1 Å². The third kappa shape index (κ3) is 2.29. The maximum Gasteiger partial charge on any atom is 0.116 e. The van der Waals surface area contributed by atoms with Gasteiger partial charge in [-0.3, -0.25) is 4.21 Å². The van der Waals surface area contributed by atoms with Crippen molar-refractivity contribution in [1.82, 2.24) is 0 Å². The molecule has 0 radical (unpaired) electrons. The average Bonchev–Trinajstić information content (AvgIpc) is 2.29. The highest BCUT2D eigenvalue weighted by molar-refractivity contribution is 7.79. The van der Waals surface area contributed by atoms with Crippen molar-refractivity contribution in [2.24, 2.45) is 0 Å². The fourth-order valence-electron chi connectivity index (χ4n) is 1.46. The van der Waals surface area contributed by atoms with Crippen molar-refractivity contribution in [3.8, 4) is 16.9 Å². The Labute approximate surface area is 95.7 Å². The first-order valence-corrected chi connectivity index (χ1v) is 5.73. The first kappa shape index (κ1) is 10.9. The van der Waals surface area contributed by atoms with E-state index in [0.717, 1.165) is 11.1 Å². The van der Waals surface area contributed by atoms with Crippen LogP contribution in [0, 0.1) is 0 Å². The normalized spacial score (nSPS) is 12.3. The van der Waals surface area contributed by atoms with E-state index in [1.165, 1.54) is 6.07 Å². The van der Waals surface area contributed by atoms with Crippen LogP contribution in [0.1, 0.15) is 0 Å². The topological polar surface area (TPSA) is 60.4 Å². The molecule has 2 aromatic carbocycles. The minimum atomic E-state index is -2.23. The molecule has 0 aliphatic heterocycles. The molecule has 0 saturated carbocycles. The maximum absolute atomic E-state index is 10.8. The molecule has 1 unspecified atom stereocenters. The summed E-state index contributed by atoms with van der Waals surface area (Å²) >= 11 is -2.23. The van der Waals surface area contributed by atoms with Gasteiger partial charge in [0.15, 0.2) is 0 Å². The molecule has 1 atom stereocenters. The summed E-state index contributed by atoms with van der Waals surface area (Å²) in [5.41, 5.74) is 1.55. The number of hydrogen-bond acceptors (Lipinski definition) is 3. The smallest absolute Gasteiger partial charge is 0.116 e. The van der Waals surface area contributed by atoms with Crippen LogP contribution in [0.15, 0.2) is 53.4 Å². The summed E-state index contributed by atoms with van der Waals surface area (Å²) in [7, 11) is 0. The van der Waals surface area contributed by atoms with Crippen LogP contribution in [0.2, 0.25) is 0 Å². The predicted octanol–water partition coefficient (Wildman–Crippen LogP) is 2.30. The van der Waals surface area contributed by atoms with E-state index >= 15 is 0 Å². The van der Waals surface area contributed by atoms with Crippen LogP contribution < -0.4 is 0 Å². The largest absolute Gasteiger partial charge is 0.768 e. The van der Waals surface area contributed by atoms with Gasteiger partial charge in [0.1, 0.15) is 5.75 Å². The lowest BCUT2D eigenvalue weighted by atomic mass is 10.1. The third-order valence-corrected chi connectivity index (χ3v) is 2.84. The fraction of sp³-hybridized carbons (Fsp3) is 0. The predicted molar refractivity (Wildman–Crippen MR) is 60.7 cm³/mol. The zero-order valence-electron chi connectivity index (χ0n) is 8.29. The summed E-state index contributed by atoms with van der Waals surface area (Å²) in [6.07, 6.45) is 0. The van der Waals surface area contributed by atoms with Crippen molar-refractivity contribution in [1.29, 1.82) is 0 Å². The van der Waals surface area contributed by atoms with Crippen molar-refractivity contribution >= 4 is 11.1 Å². The van der Waals surface area contributed by atoms with Gasteiger partial charge in [-0.05, 0) is 46.5 Å². The lowest BCUT2D eigenvalue weighted by Gasteiger charge is -2.07. The van der Waals surface area contributed by atoms with Crippen molar-refractivity contribution in [2.75, 3.05) is 0 Å². The molecule has 3 nitrogen and oxygen atoms in total. The van der Waals surface area contributed by atoms with Crippen LogP contribution in [-0.4, -0.2) is 13.9 Å². The Morgan fingerprint density at radius 3 is 2.25 bits per heavy atom. The zero-order valence-corrected chi connectivity index (χ0v) is 9.11. The van der Waals surface area contributed by atoms with Crippen molar-refractivity contribution in [2.45, 2.75) is 4.90 Å². The SMILES string of the molecule is O=S([O-])c1cccc(-c2cccc(O)c2)c1. The van der Waals surface area contributed by atoms with E-state index in [0.29, 0.717) is 0 Å². The van der Waals surface area contributed by atoms with E-state index in [1.54, 1.807) is 36.4 Å². The Hall–Kier alpha value is -1.65. The first-order chi connectivity index (χ1) is 7.66. The van der Waals surface area contributed by atoms with Crippen LogP contribution in [0.3, 0.4) is 0 Å². The zero-order chi connectivity index (χ0) is 11.5. The van der Waals surface area contributed by atoms with Gasteiger partial charge < -0.3 is 9.66 Å². The Morgan fingerprint density at radius 1 is 1.00 bits per heavy atom. The van der Waals surface area contributed by atoms with Gasteiger partial charge in [0.05, 0.1) is 0 Å². The standard InChI is InChI=1S/C12H10O3S/c13-11-5-1-3-9(7-11)10-4-2-6-12(8-10)16(14)15/h1-8,13H,(H,14,15)/p-1. The Balaban J connectivity index is 2.48. The lowest BCUT2D eigenvalue weighted by Crippen LogP contribution is -1.88. The van der Waals surface area contributed by atoms with E-state index in [-0.39, 0.29) is 10.6 Å². The highest BCUT2D eigenvalue weighted by Crippen LogP contribution is 2.24. The Kier molecular flexibility index (Phi) is 3.03. The number of aromatic hydroxyl groups is 1. The molecule has 0 saturated heterocycles. The monoisotopic (exact) mass is 233 g/mol. The molecule has 2 rings (SSSR count). The summed E-state index contributed by atoms with van der Waals surface area (Å²) in [6.45, 7) is 0. The van der Waals surface area contributed by atoms with Crippen LogP contribution in [0.5, 0.6) is 5.75 Å². The summed E-state index contributed by atoms with van der Waals surface area (Å²) in [5, 5.41) is 9.33. The number of benzene rings is 2. The van der Waals surface area contributed by atoms with Gasteiger partial charge in [-0.1, -0.05) is 24.3 Å². The van der Waals surface area contributed by atoms with Gasteiger partial charge in [-0.25, -0.2) is 0 Å². The molecule has 0 amide bonds. The summed E-state index contributed by atoms with van der Waals surface area (Å²) in [6, 6.07) is 13.2. The minimum Gasteiger partial charge on any atom is -0.768 e. The average molecular weight is 233 g/mol. The molecule has 0 bridgehead atoms. The maximum atomic E-state index is 10.8. The van der Waals surface area contributed by atoms with Crippen LogP contribution in [0.4, 0.5) is 0 Å². The Morgan fingerprint density at radius 2 is 1.62 bits per heavy atom. The summed E-state index contributed by atoms with van der Waals surface area (Å²) in [5.74, 6) is 0.158. The number of phenols is 1. The first-order valence-electron chi connectivity index (χ1n) is 4.65. The quantitative estimate of drug-likeness (QED) is 0.809. The van der Waals surface area contributed by atoms with Crippen molar-refractivity contribution in [3.05, 3.63) is 48.5 Å². The number of rotatable bonds is 2. The summed E-state index contributed by atoms with van der Waals surface area (Å²) < 4.78 is 21.6. The van der Waals surface area contributed by atoms with Gasteiger partial charge in [0, 0.05) is 4.90 Å². The second kappa shape index (κ2) is 4.47. The van der Waals surface area contributed by atoms with Crippen molar-refractivity contribution < 1.29 is 13.9 Å². The number of hydrogen-bond donors (Lipinski definition) is 1. The van der Waals surface area contributed by atoms with Gasteiger partial charge in [0.25, 0.3) is 0 Å². The molecule has 1 N–H and O–H groups in total. The molecule has 4 heteroatoms. The van der Waals surface area contributed by atoms with Gasteiger partial charge in [-0.15, -0.1) is 0 Å². The molecule has 0 fully saturated rings. The highest BCUT2D eigenvalue weighted by Gasteiger charge is 2.00. The van der Waals surface area contributed by atoms with E-state index in [4.69, 9.17) is 0 Å². The van der Waals surface area contributed by atoms with E-state index in [1.807, 2.05) is 6.07 Å². The second-order valence-electron chi connectivity index (χ2n) is 3.31. The molecule has 16 heavy (non-hydrogen) atoms. The van der Waals surface area contributed by atoms with Crippen molar-refractivity contribution in [3.63, 3.8) is 0 Å².